The molecule has 0 saturated carbocycles. The second-order valence-electron chi connectivity index (χ2n) is 5.88. The summed E-state index contributed by atoms with van der Waals surface area (Å²) < 4.78 is 0. The molecule has 0 amide bonds. The summed E-state index contributed by atoms with van der Waals surface area (Å²) in [6.07, 6.45) is 0.851. The molecule has 3 heteroatoms. The number of anilines is 1. The van der Waals surface area contributed by atoms with Crippen molar-refractivity contribution in [2.75, 3.05) is 33.1 Å². The van der Waals surface area contributed by atoms with E-state index in [0.717, 1.165) is 17.8 Å². The summed E-state index contributed by atoms with van der Waals surface area (Å²) >= 11 is 0. The minimum absolute atomic E-state index is 0.851. The van der Waals surface area contributed by atoms with E-state index >= 15 is 0 Å². The highest BCUT2D eigenvalue weighted by Crippen LogP contribution is 2.30. The largest absolute Gasteiger partial charge is 0.401 e. The van der Waals surface area contributed by atoms with Gasteiger partial charge in [0.1, 0.15) is 0 Å². The topological polar surface area (TPSA) is 32.5 Å². The summed E-state index contributed by atoms with van der Waals surface area (Å²) in [5, 5.41) is 2.58. The van der Waals surface area contributed by atoms with E-state index in [-0.39, 0.29) is 0 Å². The first-order chi connectivity index (χ1) is 12.9. The molecule has 154 valence electrons. The Balaban J connectivity index is 0. The second kappa shape index (κ2) is 15.0. The van der Waals surface area contributed by atoms with Gasteiger partial charge in [-0.1, -0.05) is 71.9 Å². The van der Waals surface area contributed by atoms with Crippen molar-refractivity contribution in [1.82, 2.24) is 4.90 Å². The monoisotopic (exact) mass is 373 g/mol. The van der Waals surface area contributed by atoms with Gasteiger partial charge < -0.3 is 15.5 Å². The van der Waals surface area contributed by atoms with Gasteiger partial charge in [0, 0.05) is 57.1 Å². The Labute approximate surface area is 168 Å². The molecule has 0 spiro atoms. The molecule has 0 atom stereocenters. The Hall–Kier alpha value is -2.16. The standard InChI is InChI=1S/C18H25N3.3C2H6/c1-13(19)18(21(4)5)12-14-10-11-17(20(2)3)16-9-7-6-8-15(14)16;3*1-2/h6-11H,12,19H2,1-5H3;3*1-2H3/b18-13-;;;. The fourth-order valence-electron chi connectivity index (χ4n) is 2.72. The Morgan fingerprint density at radius 1 is 0.778 bits per heavy atom. The zero-order valence-electron chi connectivity index (χ0n) is 19.6. The molecule has 27 heavy (non-hydrogen) atoms. The van der Waals surface area contributed by atoms with Crippen molar-refractivity contribution < 1.29 is 0 Å². The van der Waals surface area contributed by atoms with E-state index in [2.05, 4.69) is 60.3 Å². The molecule has 2 aromatic rings. The zero-order valence-corrected chi connectivity index (χ0v) is 19.6. The SMILES string of the molecule is C/C(N)=C(\Cc1ccc(N(C)C)c2ccccc12)N(C)C.CC.CC.CC. The van der Waals surface area contributed by atoms with Gasteiger partial charge in [0.2, 0.25) is 0 Å². The van der Waals surface area contributed by atoms with Gasteiger partial charge in [-0.15, -0.1) is 0 Å². The first kappa shape index (κ1) is 27.1. The minimum atomic E-state index is 0.851. The Kier molecular flexibility index (Phi) is 15.0. The van der Waals surface area contributed by atoms with E-state index in [0.29, 0.717) is 0 Å². The number of rotatable bonds is 4. The lowest BCUT2D eigenvalue weighted by atomic mass is 9.98. The molecule has 3 nitrogen and oxygen atoms in total. The molecule has 0 bridgehead atoms. The third-order valence-electron chi connectivity index (χ3n) is 3.83. The van der Waals surface area contributed by atoms with Crippen molar-refractivity contribution in [3.05, 3.63) is 53.4 Å². The fourth-order valence-corrected chi connectivity index (χ4v) is 2.72. The average molecular weight is 374 g/mol. The molecule has 0 aliphatic carbocycles. The fraction of sp³-hybridized carbons (Fsp3) is 0.500. The number of nitrogens with two attached hydrogens (primary N) is 1. The van der Waals surface area contributed by atoms with Gasteiger partial charge in [0.05, 0.1) is 0 Å². The minimum Gasteiger partial charge on any atom is -0.401 e. The molecule has 0 aliphatic heterocycles. The number of benzene rings is 2. The maximum atomic E-state index is 6.04. The summed E-state index contributed by atoms with van der Waals surface area (Å²) in [6, 6.07) is 13.0. The molecular formula is C24H43N3. The molecule has 0 aromatic heterocycles. The van der Waals surface area contributed by atoms with Crippen LogP contribution < -0.4 is 10.6 Å². The van der Waals surface area contributed by atoms with Gasteiger partial charge in [0.15, 0.2) is 0 Å². The first-order valence-electron chi connectivity index (χ1n) is 10.2. The molecule has 2 N–H and O–H groups in total. The summed E-state index contributed by atoms with van der Waals surface area (Å²) in [6.45, 7) is 14.0. The van der Waals surface area contributed by atoms with Crippen LogP contribution in [0.4, 0.5) is 5.69 Å². The molecule has 2 rings (SSSR count). The van der Waals surface area contributed by atoms with Gasteiger partial charge >= 0.3 is 0 Å². The van der Waals surface area contributed by atoms with Crippen molar-refractivity contribution in [3.8, 4) is 0 Å². The lowest BCUT2D eigenvalue weighted by Gasteiger charge is -2.22. The molecule has 0 unspecified atom stereocenters. The molecule has 0 fully saturated rings. The number of hydrogen-bond acceptors (Lipinski definition) is 3. The van der Waals surface area contributed by atoms with Crippen LogP contribution in [-0.4, -0.2) is 33.1 Å². The third kappa shape index (κ3) is 7.94. The normalized spacial score (nSPS) is 10.2. The number of likely N-dealkylation sites (N-methyl/N-ethyl adjacent to an activating group) is 1. The lowest BCUT2D eigenvalue weighted by Crippen LogP contribution is -2.18. The molecule has 0 heterocycles. The highest BCUT2D eigenvalue weighted by molar-refractivity contribution is 5.96. The highest BCUT2D eigenvalue weighted by Gasteiger charge is 2.11. The van der Waals surface area contributed by atoms with Gasteiger partial charge in [0.25, 0.3) is 0 Å². The van der Waals surface area contributed by atoms with Crippen molar-refractivity contribution in [1.29, 1.82) is 0 Å². The van der Waals surface area contributed by atoms with Crippen LogP contribution in [0.15, 0.2) is 47.8 Å². The Bertz CT molecular complexity index is 666. The number of nitrogens with zero attached hydrogens (tertiary/aromatic N) is 2. The quantitative estimate of drug-likeness (QED) is 0.684. The molecular weight excluding hydrogens is 330 g/mol. The van der Waals surface area contributed by atoms with Crippen LogP contribution in [0.5, 0.6) is 0 Å². The van der Waals surface area contributed by atoms with E-state index in [4.69, 9.17) is 5.73 Å². The highest BCUT2D eigenvalue weighted by atomic mass is 15.1. The van der Waals surface area contributed by atoms with Crippen LogP contribution in [0.3, 0.4) is 0 Å². The van der Waals surface area contributed by atoms with Crippen molar-refractivity contribution in [3.63, 3.8) is 0 Å². The van der Waals surface area contributed by atoms with Crippen LogP contribution in [0.1, 0.15) is 54.0 Å². The van der Waals surface area contributed by atoms with Crippen LogP contribution in [0, 0.1) is 0 Å². The van der Waals surface area contributed by atoms with E-state index in [9.17, 15) is 0 Å². The van der Waals surface area contributed by atoms with Crippen molar-refractivity contribution in [2.24, 2.45) is 5.73 Å². The van der Waals surface area contributed by atoms with Crippen LogP contribution in [0.2, 0.25) is 0 Å². The predicted molar refractivity (Wildman–Crippen MR) is 127 cm³/mol. The van der Waals surface area contributed by atoms with Crippen LogP contribution >= 0.6 is 0 Å². The van der Waals surface area contributed by atoms with Gasteiger partial charge in [-0.2, -0.15) is 0 Å². The third-order valence-corrected chi connectivity index (χ3v) is 3.83. The Morgan fingerprint density at radius 3 is 1.67 bits per heavy atom. The summed E-state index contributed by atoms with van der Waals surface area (Å²) in [5.41, 5.74) is 10.6. The number of fused-ring (bicyclic) bond motifs is 1. The first-order valence-corrected chi connectivity index (χ1v) is 10.2. The average Bonchev–Trinajstić information content (AvgIpc) is 2.69. The summed E-state index contributed by atoms with van der Waals surface area (Å²) in [7, 11) is 8.25. The van der Waals surface area contributed by atoms with Crippen molar-refractivity contribution >= 4 is 16.5 Å². The maximum absolute atomic E-state index is 6.04. The summed E-state index contributed by atoms with van der Waals surface area (Å²) in [4.78, 5) is 4.26. The molecule has 0 saturated heterocycles. The van der Waals surface area contributed by atoms with E-state index < -0.39 is 0 Å². The predicted octanol–water partition coefficient (Wildman–Crippen LogP) is 6.28. The molecule has 0 aliphatic rings. The zero-order chi connectivity index (χ0) is 21.6. The number of hydrogen-bond donors (Lipinski definition) is 1. The smallest absolute Gasteiger partial charge is 0.0440 e. The van der Waals surface area contributed by atoms with E-state index in [1.165, 1.54) is 22.0 Å². The maximum Gasteiger partial charge on any atom is 0.0440 e. The van der Waals surface area contributed by atoms with Gasteiger partial charge in [-0.3, -0.25) is 0 Å². The lowest BCUT2D eigenvalue weighted by molar-refractivity contribution is 0.490. The second-order valence-corrected chi connectivity index (χ2v) is 5.88. The van der Waals surface area contributed by atoms with Crippen LogP contribution in [-0.2, 0) is 6.42 Å². The van der Waals surface area contributed by atoms with E-state index in [1.807, 2.05) is 62.6 Å². The van der Waals surface area contributed by atoms with E-state index in [1.54, 1.807) is 0 Å². The van der Waals surface area contributed by atoms with Crippen LogP contribution in [0.25, 0.3) is 10.8 Å². The van der Waals surface area contributed by atoms with Gasteiger partial charge in [-0.05, 0) is 23.9 Å². The molecule has 0 radical (unpaired) electrons. The summed E-state index contributed by atoms with van der Waals surface area (Å²) in [5.74, 6) is 0. The Morgan fingerprint density at radius 2 is 1.26 bits per heavy atom. The van der Waals surface area contributed by atoms with Crippen molar-refractivity contribution in [2.45, 2.75) is 54.9 Å². The van der Waals surface area contributed by atoms with Gasteiger partial charge in [-0.25, -0.2) is 0 Å². The molecule has 2 aromatic carbocycles. The number of allylic oxidation sites excluding steroid dienone is 2.